The van der Waals surface area contributed by atoms with Gasteiger partial charge >= 0.3 is 11.9 Å². The van der Waals surface area contributed by atoms with E-state index in [0.29, 0.717) is 13.2 Å². The summed E-state index contributed by atoms with van der Waals surface area (Å²) >= 11 is 0. The van der Waals surface area contributed by atoms with Crippen LogP contribution in [0.15, 0.2) is 0 Å². The first-order valence-electron chi connectivity index (χ1n) is 7.54. The van der Waals surface area contributed by atoms with Gasteiger partial charge in [-0.05, 0) is 25.7 Å². The van der Waals surface area contributed by atoms with Crippen molar-refractivity contribution in [2.75, 3.05) is 13.2 Å². The molecule has 0 aromatic carbocycles. The fourth-order valence-corrected chi connectivity index (χ4v) is 2.43. The van der Waals surface area contributed by atoms with Crippen molar-refractivity contribution >= 4 is 11.9 Å². The maximum absolute atomic E-state index is 12.0. The lowest BCUT2D eigenvalue weighted by molar-refractivity contribution is -0.163. The van der Waals surface area contributed by atoms with Crippen LogP contribution in [0.3, 0.4) is 0 Å². The van der Waals surface area contributed by atoms with E-state index < -0.39 is 0 Å². The number of rotatable bonds is 7. The molecule has 4 nitrogen and oxygen atoms in total. The van der Waals surface area contributed by atoms with Crippen molar-refractivity contribution in [1.82, 2.24) is 0 Å². The molecule has 0 bridgehead atoms. The first-order chi connectivity index (χ1) is 9.20. The van der Waals surface area contributed by atoms with Crippen molar-refractivity contribution < 1.29 is 19.1 Å². The molecule has 1 fully saturated rings. The van der Waals surface area contributed by atoms with E-state index in [9.17, 15) is 9.59 Å². The molecule has 0 spiro atoms. The third-order valence-electron chi connectivity index (χ3n) is 3.56. The Morgan fingerprint density at radius 3 is 1.89 bits per heavy atom. The predicted octanol–water partition coefficient (Wildman–Crippen LogP) is 3.09. The molecule has 0 aliphatic heterocycles. The summed E-state index contributed by atoms with van der Waals surface area (Å²) in [5.74, 6) is -1.03. The highest BCUT2D eigenvalue weighted by Crippen LogP contribution is 2.32. The van der Waals surface area contributed by atoms with Gasteiger partial charge in [0, 0.05) is 0 Å². The van der Waals surface area contributed by atoms with E-state index in [4.69, 9.17) is 9.47 Å². The average Bonchev–Trinajstić information content (AvgIpc) is 2.45. The Labute approximate surface area is 115 Å². The van der Waals surface area contributed by atoms with Gasteiger partial charge in [-0.1, -0.05) is 33.1 Å². The molecule has 1 rings (SSSR count). The SMILES string of the molecule is CCCCOC(=O)C1CCCCC1C(=O)OCCC. The minimum Gasteiger partial charge on any atom is -0.465 e. The fourth-order valence-electron chi connectivity index (χ4n) is 2.43. The maximum atomic E-state index is 12.0. The van der Waals surface area contributed by atoms with E-state index in [2.05, 4.69) is 6.92 Å². The Morgan fingerprint density at radius 2 is 1.42 bits per heavy atom. The van der Waals surface area contributed by atoms with Crippen LogP contribution >= 0.6 is 0 Å². The van der Waals surface area contributed by atoms with Crippen LogP contribution in [0, 0.1) is 11.8 Å². The molecule has 1 aliphatic rings. The molecule has 0 N–H and O–H groups in total. The number of hydrogen-bond acceptors (Lipinski definition) is 4. The van der Waals surface area contributed by atoms with Crippen LogP contribution in [0.5, 0.6) is 0 Å². The van der Waals surface area contributed by atoms with Gasteiger partial charge in [0.25, 0.3) is 0 Å². The van der Waals surface area contributed by atoms with E-state index >= 15 is 0 Å². The lowest BCUT2D eigenvalue weighted by Gasteiger charge is -2.28. The van der Waals surface area contributed by atoms with Crippen molar-refractivity contribution in [2.24, 2.45) is 11.8 Å². The highest BCUT2D eigenvalue weighted by Gasteiger charge is 2.37. The molecule has 1 saturated carbocycles. The van der Waals surface area contributed by atoms with Gasteiger partial charge < -0.3 is 9.47 Å². The summed E-state index contributed by atoms with van der Waals surface area (Å²) in [4.78, 5) is 24.0. The molecule has 4 heteroatoms. The van der Waals surface area contributed by atoms with Crippen molar-refractivity contribution in [2.45, 2.75) is 58.8 Å². The normalized spacial score (nSPS) is 22.8. The third-order valence-corrected chi connectivity index (χ3v) is 3.56. The molecule has 0 amide bonds. The summed E-state index contributed by atoms with van der Waals surface area (Å²) in [5.41, 5.74) is 0. The van der Waals surface area contributed by atoms with Gasteiger partial charge in [-0.2, -0.15) is 0 Å². The summed E-state index contributed by atoms with van der Waals surface area (Å²) in [5, 5.41) is 0. The number of esters is 2. The molecule has 0 heterocycles. The Hall–Kier alpha value is -1.06. The molecule has 110 valence electrons. The van der Waals surface area contributed by atoms with Crippen LogP contribution in [0.1, 0.15) is 58.8 Å². The molecule has 19 heavy (non-hydrogen) atoms. The lowest BCUT2D eigenvalue weighted by atomic mass is 9.79. The summed E-state index contributed by atoms with van der Waals surface area (Å²) in [7, 11) is 0. The van der Waals surface area contributed by atoms with Crippen molar-refractivity contribution in [3.63, 3.8) is 0 Å². The van der Waals surface area contributed by atoms with E-state index in [-0.39, 0.29) is 23.8 Å². The van der Waals surface area contributed by atoms with E-state index in [1.807, 2.05) is 6.92 Å². The minimum absolute atomic E-state index is 0.216. The predicted molar refractivity (Wildman–Crippen MR) is 72.6 cm³/mol. The monoisotopic (exact) mass is 270 g/mol. The second-order valence-corrected chi connectivity index (χ2v) is 5.19. The molecular weight excluding hydrogens is 244 g/mol. The van der Waals surface area contributed by atoms with Crippen LogP contribution in [-0.2, 0) is 19.1 Å². The summed E-state index contributed by atoms with van der Waals surface area (Å²) in [6, 6.07) is 0. The zero-order valence-corrected chi connectivity index (χ0v) is 12.2. The van der Waals surface area contributed by atoms with Gasteiger partial charge in [0.1, 0.15) is 0 Å². The smallest absolute Gasteiger partial charge is 0.309 e. The Morgan fingerprint density at radius 1 is 0.895 bits per heavy atom. The van der Waals surface area contributed by atoms with Gasteiger partial charge in [0.15, 0.2) is 0 Å². The number of unbranched alkanes of at least 4 members (excludes halogenated alkanes) is 1. The second kappa shape index (κ2) is 8.94. The molecule has 0 radical (unpaired) electrons. The molecule has 2 atom stereocenters. The topological polar surface area (TPSA) is 52.6 Å². The molecule has 1 aliphatic carbocycles. The third kappa shape index (κ3) is 5.21. The lowest BCUT2D eigenvalue weighted by Crippen LogP contribution is -2.35. The van der Waals surface area contributed by atoms with Gasteiger partial charge in [-0.3, -0.25) is 9.59 Å². The quantitative estimate of drug-likeness (QED) is 0.527. The molecule has 0 saturated heterocycles. The number of carbonyl (C=O) groups excluding carboxylic acids is 2. The molecule has 0 aromatic rings. The molecule has 2 unspecified atom stereocenters. The first kappa shape index (κ1) is 16.0. The van der Waals surface area contributed by atoms with Crippen LogP contribution in [-0.4, -0.2) is 25.2 Å². The zero-order valence-electron chi connectivity index (χ0n) is 12.2. The number of ether oxygens (including phenoxy) is 2. The maximum Gasteiger partial charge on any atom is 0.309 e. The van der Waals surface area contributed by atoms with Gasteiger partial charge in [-0.15, -0.1) is 0 Å². The standard InChI is InChI=1S/C15H26O4/c1-3-5-11-19-15(17)13-9-7-6-8-12(13)14(16)18-10-4-2/h12-13H,3-11H2,1-2H3. The first-order valence-corrected chi connectivity index (χ1v) is 7.54. The van der Waals surface area contributed by atoms with Crippen molar-refractivity contribution in [1.29, 1.82) is 0 Å². The Kier molecular flexibility index (Phi) is 7.53. The van der Waals surface area contributed by atoms with E-state index in [1.54, 1.807) is 0 Å². The summed E-state index contributed by atoms with van der Waals surface area (Å²) < 4.78 is 10.5. The van der Waals surface area contributed by atoms with Gasteiger partial charge in [0.05, 0.1) is 25.0 Å². The van der Waals surface area contributed by atoms with Crippen LogP contribution < -0.4 is 0 Å². The minimum atomic E-state index is -0.297. The second-order valence-electron chi connectivity index (χ2n) is 5.19. The van der Waals surface area contributed by atoms with Crippen LogP contribution in [0.2, 0.25) is 0 Å². The summed E-state index contributed by atoms with van der Waals surface area (Å²) in [6.07, 6.45) is 6.16. The van der Waals surface area contributed by atoms with Crippen molar-refractivity contribution in [3.8, 4) is 0 Å². The number of hydrogen-bond donors (Lipinski definition) is 0. The molecular formula is C15H26O4. The largest absolute Gasteiger partial charge is 0.465 e. The highest BCUT2D eigenvalue weighted by atomic mass is 16.5. The van der Waals surface area contributed by atoms with Crippen molar-refractivity contribution in [3.05, 3.63) is 0 Å². The fraction of sp³-hybridized carbons (Fsp3) is 0.867. The van der Waals surface area contributed by atoms with Gasteiger partial charge in [-0.25, -0.2) is 0 Å². The average molecular weight is 270 g/mol. The Balaban J connectivity index is 2.51. The van der Waals surface area contributed by atoms with E-state index in [0.717, 1.165) is 44.9 Å². The van der Waals surface area contributed by atoms with Crippen LogP contribution in [0.25, 0.3) is 0 Å². The van der Waals surface area contributed by atoms with E-state index in [1.165, 1.54) is 0 Å². The highest BCUT2D eigenvalue weighted by molar-refractivity contribution is 5.82. The Bertz CT molecular complexity index is 288. The zero-order chi connectivity index (χ0) is 14.1. The summed E-state index contributed by atoms with van der Waals surface area (Å²) in [6.45, 7) is 4.92. The van der Waals surface area contributed by atoms with Gasteiger partial charge in [0.2, 0.25) is 0 Å². The molecule has 0 aromatic heterocycles. The number of carbonyl (C=O) groups is 2. The van der Waals surface area contributed by atoms with Crippen LogP contribution in [0.4, 0.5) is 0 Å².